The number of nitrogens with zero attached hydrogens (tertiary/aromatic N) is 3. The predicted octanol–water partition coefficient (Wildman–Crippen LogP) is 2.60. The molecule has 6 nitrogen and oxygen atoms in total. The Kier molecular flexibility index (Phi) is 4.90. The van der Waals surface area contributed by atoms with Gasteiger partial charge in [0.1, 0.15) is 0 Å². The van der Waals surface area contributed by atoms with Crippen LogP contribution in [0.15, 0.2) is 28.8 Å². The molecule has 0 spiro atoms. The molecule has 1 aliphatic carbocycles. The van der Waals surface area contributed by atoms with Crippen molar-refractivity contribution in [2.24, 2.45) is 0 Å². The van der Waals surface area contributed by atoms with Crippen molar-refractivity contribution in [3.63, 3.8) is 0 Å². The Morgan fingerprint density at radius 2 is 2.12 bits per heavy atom. The number of fused-ring (bicyclic) bond motifs is 1. The second kappa shape index (κ2) is 6.96. The molecule has 0 bridgehead atoms. The van der Waals surface area contributed by atoms with Crippen molar-refractivity contribution in [3.05, 3.63) is 47.1 Å². The van der Waals surface area contributed by atoms with Crippen LogP contribution in [-0.4, -0.2) is 35.0 Å². The van der Waals surface area contributed by atoms with Crippen molar-refractivity contribution in [1.29, 1.82) is 0 Å². The molecular weight excluding hydrogens is 316 g/mol. The Bertz CT molecular complexity index is 751. The Morgan fingerprint density at radius 1 is 1.36 bits per heavy atom. The van der Waals surface area contributed by atoms with Gasteiger partial charge in [0, 0.05) is 0 Å². The van der Waals surface area contributed by atoms with Gasteiger partial charge in [-0.3, -0.25) is 4.79 Å². The van der Waals surface area contributed by atoms with Crippen LogP contribution in [-0.2, 0) is 23.3 Å². The van der Waals surface area contributed by atoms with E-state index in [0.717, 1.165) is 24.8 Å². The number of nitrogens with one attached hydrogen (secondary N) is 1. The number of rotatable bonds is 5. The minimum absolute atomic E-state index is 0.0242. The van der Waals surface area contributed by atoms with Crippen molar-refractivity contribution < 1.29 is 9.32 Å². The third kappa shape index (κ3) is 3.90. The third-order valence-electron chi connectivity index (χ3n) is 4.60. The third-order valence-corrected chi connectivity index (χ3v) is 4.60. The van der Waals surface area contributed by atoms with Crippen LogP contribution < -0.4 is 5.32 Å². The first kappa shape index (κ1) is 17.6. The van der Waals surface area contributed by atoms with Crippen LogP contribution in [0, 0.1) is 0 Å². The summed E-state index contributed by atoms with van der Waals surface area (Å²) in [6.45, 7) is 4.39. The molecule has 0 fully saturated rings. The Labute approximate surface area is 148 Å². The molecule has 1 aromatic carbocycles. The van der Waals surface area contributed by atoms with Gasteiger partial charge in [-0.25, -0.2) is 0 Å². The monoisotopic (exact) mass is 342 g/mol. The lowest BCUT2D eigenvalue weighted by atomic mass is 9.82. The van der Waals surface area contributed by atoms with Gasteiger partial charge >= 0.3 is 0 Å². The molecular formula is C19H26N4O2. The summed E-state index contributed by atoms with van der Waals surface area (Å²) >= 11 is 0. The van der Waals surface area contributed by atoms with Crippen molar-refractivity contribution in [2.75, 3.05) is 14.1 Å². The highest BCUT2D eigenvalue weighted by Gasteiger charge is 2.33. The first-order valence-electron chi connectivity index (χ1n) is 8.74. The average Bonchev–Trinajstić information content (AvgIpc) is 3.02. The van der Waals surface area contributed by atoms with E-state index in [4.69, 9.17) is 4.52 Å². The summed E-state index contributed by atoms with van der Waals surface area (Å²) in [5.74, 6) is 0.959. The maximum absolute atomic E-state index is 12.9. The number of hydrogen-bond acceptors (Lipinski definition) is 5. The lowest BCUT2D eigenvalue weighted by Crippen LogP contribution is -2.44. The minimum Gasteiger partial charge on any atom is -0.343 e. The largest absolute Gasteiger partial charge is 0.343 e. The maximum atomic E-state index is 12.9. The number of carbonyl (C=O) groups is 1. The van der Waals surface area contributed by atoms with E-state index < -0.39 is 5.54 Å². The van der Waals surface area contributed by atoms with E-state index >= 15 is 0 Å². The highest BCUT2D eigenvalue weighted by molar-refractivity contribution is 5.85. The normalized spacial score (nSPS) is 17.4. The predicted molar refractivity (Wildman–Crippen MR) is 95.0 cm³/mol. The quantitative estimate of drug-likeness (QED) is 0.904. The SMILES string of the molecule is CN(C)Cc1nc(C(C)(C)NC(=O)C2CCCc3ccccc32)no1. The van der Waals surface area contributed by atoms with Gasteiger partial charge in [-0.15, -0.1) is 0 Å². The summed E-state index contributed by atoms with van der Waals surface area (Å²) in [5, 5.41) is 7.17. The summed E-state index contributed by atoms with van der Waals surface area (Å²) < 4.78 is 5.29. The molecule has 1 unspecified atom stereocenters. The molecule has 1 aromatic heterocycles. The van der Waals surface area contributed by atoms with Gasteiger partial charge in [0.05, 0.1) is 18.0 Å². The Balaban J connectivity index is 1.75. The van der Waals surface area contributed by atoms with Crippen LogP contribution in [0.4, 0.5) is 0 Å². The van der Waals surface area contributed by atoms with Crippen molar-refractivity contribution in [3.8, 4) is 0 Å². The molecule has 1 atom stereocenters. The van der Waals surface area contributed by atoms with E-state index in [1.54, 1.807) is 0 Å². The fourth-order valence-electron chi connectivity index (χ4n) is 3.32. The molecule has 1 aliphatic rings. The van der Waals surface area contributed by atoms with Gasteiger partial charge in [0.25, 0.3) is 0 Å². The molecule has 0 saturated heterocycles. The van der Waals surface area contributed by atoms with Gasteiger partial charge < -0.3 is 14.7 Å². The average molecular weight is 342 g/mol. The van der Waals surface area contributed by atoms with Crippen molar-refractivity contribution in [2.45, 2.75) is 51.1 Å². The summed E-state index contributed by atoms with van der Waals surface area (Å²) in [5.41, 5.74) is 1.74. The summed E-state index contributed by atoms with van der Waals surface area (Å²) in [4.78, 5) is 19.3. The molecule has 1 amide bonds. The van der Waals surface area contributed by atoms with Crippen LogP contribution in [0.3, 0.4) is 0 Å². The number of carbonyl (C=O) groups excluding carboxylic acids is 1. The maximum Gasteiger partial charge on any atom is 0.240 e. The number of benzene rings is 1. The molecule has 0 aliphatic heterocycles. The van der Waals surface area contributed by atoms with Gasteiger partial charge in [-0.1, -0.05) is 29.4 Å². The smallest absolute Gasteiger partial charge is 0.240 e. The highest BCUT2D eigenvalue weighted by Crippen LogP contribution is 2.32. The molecule has 6 heteroatoms. The van der Waals surface area contributed by atoms with Crippen LogP contribution in [0.25, 0.3) is 0 Å². The van der Waals surface area contributed by atoms with E-state index in [-0.39, 0.29) is 11.8 Å². The van der Waals surface area contributed by atoms with Crippen molar-refractivity contribution in [1.82, 2.24) is 20.4 Å². The number of hydrogen-bond donors (Lipinski definition) is 1. The van der Waals surface area contributed by atoms with Gasteiger partial charge in [-0.2, -0.15) is 4.98 Å². The molecule has 0 radical (unpaired) electrons. The van der Waals surface area contributed by atoms with E-state index in [0.29, 0.717) is 18.3 Å². The van der Waals surface area contributed by atoms with E-state index in [2.05, 4.69) is 27.6 Å². The highest BCUT2D eigenvalue weighted by atomic mass is 16.5. The Hall–Kier alpha value is -2.21. The van der Waals surface area contributed by atoms with Crippen LogP contribution in [0.1, 0.15) is 55.4 Å². The van der Waals surface area contributed by atoms with E-state index in [1.807, 2.05) is 45.0 Å². The zero-order valence-corrected chi connectivity index (χ0v) is 15.4. The first-order chi connectivity index (χ1) is 11.9. The molecule has 0 saturated carbocycles. The first-order valence-corrected chi connectivity index (χ1v) is 8.74. The number of aryl methyl sites for hydroxylation is 1. The lowest BCUT2D eigenvalue weighted by Gasteiger charge is -2.29. The topological polar surface area (TPSA) is 71.3 Å². The van der Waals surface area contributed by atoms with E-state index in [1.165, 1.54) is 5.56 Å². The minimum atomic E-state index is -0.683. The Morgan fingerprint density at radius 3 is 2.88 bits per heavy atom. The second-order valence-electron chi connectivity index (χ2n) is 7.51. The number of amides is 1. The zero-order valence-electron chi connectivity index (χ0n) is 15.4. The van der Waals surface area contributed by atoms with Crippen LogP contribution in [0.2, 0.25) is 0 Å². The van der Waals surface area contributed by atoms with Crippen LogP contribution >= 0.6 is 0 Å². The molecule has 1 N–H and O–H groups in total. The van der Waals surface area contributed by atoms with Crippen LogP contribution in [0.5, 0.6) is 0 Å². The molecule has 134 valence electrons. The van der Waals surface area contributed by atoms with Gasteiger partial charge in [0.15, 0.2) is 5.82 Å². The van der Waals surface area contributed by atoms with Gasteiger partial charge in [0.2, 0.25) is 11.8 Å². The summed E-state index contributed by atoms with van der Waals surface area (Å²) in [6.07, 6.45) is 2.95. The number of aromatic nitrogens is 2. The molecule has 1 heterocycles. The fourth-order valence-corrected chi connectivity index (χ4v) is 3.32. The molecule has 25 heavy (non-hydrogen) atoms. The zero-order chi connectivity index (χ0) is 18.0. The van der Waals surface area contributed by atoms with E-state index in [9.17, 15) is 4.79 Å². The van der Waals surface area contributed by atoms with Gasteiger partial charge in [-0.05, 0) is 58.3 Å². The summed E-state index contributed by atoms with van der Waals surface area (Å²) in [6, 6.07) is 8.22. The molecule has 3 rings (SSSR count). The summed E-state index contributed by atoms with van der Waals surface area (Å²) in [7, 11) is 3.88. The second-order valence-corrected chi connectivity index (χ2v) is 7.51. The fraction of sp³-hybridized carbons (Fsp3) is 0.526. The standard InChI is InChI=1S/C19H26N4O2/c1-19(2,18-20-16(25-22-18)12-23(3)4)21-17(24)15-11-7-9-13-8-5-6-10-14(13)15/h5-6,8,10,15H,7,9,11-12H2,1-4H3,(H,21,24). The van der Waals surface area contributed by atoms with Crippen molar-refractivity contribution >= 4 is 5.91 Å². The molecule has 2 aromatic rings. The lowest BCUT2D eigenvalue weighted by molar-refractivity contribution is -0.124.